The lowest BCUT2D eigenvalue weighted by Gasteiger charge is -2.16. The number of nitrogens with one attached hydrogen (secondary N) is 1. The second-order valence-corrected chi connectivity index (χ2v) is 8.99. The highest BCUT2D eigenvalue weighted by atomic mass is 32.2. The maximum atomic E-state index is 12.5. The normalized spacial score (nSPS) is 16.5. The summed E-state index contributed by atoms with van der Waals surface area (Å²) in [5.41, 5.74) is 0.751. The predicted octanol–water partition coefficient (Wildman–Crippen LogP) is 2.13. The molecule has 1 N–H and O–H groups in total. The van der Waals surface area contributed by atoms with E-state index in [0.717, 1.165) is 25.7 Å². The fourth-order valence-electron chi connectivity index (χ4n) is 3.38. The standard InChI is InChI=1S/C18H24N2O5S/c1-20-15-9-8-14(12-16(15)25-18(20)22)26(23,24)11-10-17(21)19-13-6-4-2-3-5-7-13/h8-9,12-13H,2-7,10-11H2,1H3,(H,19,21). The van der Waals surface area contributed by atoms with Gasteiger partial charge in [0, 0.05) is 25.6 Å². The molecule has 1 aromatic carbocycles. The Morgan fingerprint density at radius 2 is 1.92 bits per heavy atom. The van der Waals surface area contributed by atoms with Crippen LogP contribution in [0.3, 0.4) is 0 Å². The first kappa shape index (κ1) is 18.7. The number of nitrogens with zero attached hydrogens (tertiary/aromatic N) is 1. The average molecular weight is 380 g/mol. The summed E-state index contributed by atoms with van der Waals surface area (Å²) in [6.07, 6.45) is 6.44. The highest BCUT2D eigenvalue weighted by Gasteiger charge is 2.20. The van der Waals surface area contributed by atoms with Crippen molar-refractivity contribution in [2.24, 2.45) is 7.05 Å². The Morgan fingerprint density at radius 1 is 1.23 bits per heavy atom. The first-order chi connectivity index (χ1) is 12.4. The van der Waals surface area contributed by atoms with Crippen molar-refractivity contribution in [2.75, 3.05) is 5.75 Å². The number of aryl methyl sites for hydroxylation is 1. The summed E-state index contributed by atoms with van der Waals surface area (Å²) >= 11 is 0. The number of fused-ring (bicyclic) bond motifs is 1. The molecule has 1 saturated carbocycles. The molecule has 0 radical (unpaired) electrons. The van der Waals surface area contributed by atoms with Gasteiger partial charge in [-0.2, -0.15) is 0 Å². The van der Waals surface area contributed by atoms with E-state index in [-0.39, 0.29) is 34.6 Å². The Bertz CT molecular complexity index is 950. The van der Waals surface area contributed by atoms with Gasteiger partial charge in [-0.15, -0.1) is 0 Å². The molecule has 0 atom stereocenters. The van der Waals surface area contributed by atoms with Crippen LogP contribution < -0.4 is 11.1 Å². The molecule has 1 aliphatic rings. The number of aromatic nitrogens is 1. The van der Waals surface area contributed by atoms with Crippen LogP contribution in [-0.4, -0.2) is 30.7 Å². The monoisotopic (exact) mass is 380 g/mol. The largest absolute Gasteiger partial charge is 0.419 e. The molecule has 8 heteroatoms. The molecule has 1 aliphatic carbocycles. The number of benzene rings is 1. The third-order valence-electron chi connectivity index (χ3n) is 4.94. The number of carbonyl (C=O) groups is 1. The van der Waals surface area contributed by atoms with Crippen LogP contribution in [0.15, 0.2) is 32.3 Å². The summed E-state index contributed by atoms with van der Waals surface area (Å²) in [7, 11) is -2.07. The summed E-state index contributed by atoms with van der Waals surface area (Å²) in [5, 5.41) is 2.96. The Hall–Kier alpha value is -2.09. The summed E-state index contributed by atoms with van der Waals surface area (Å²) in [6, 6.07) is 4.48. The van der Waals surface area contributed by atoms with Gasteiger partial charge in [0.05, 0.1) is 16.2 Å². The van der Waals surface area contributed by atoms with Gasteiger partial charge in [0.1, 0.15) is 0 Å². The number of amides is 1. The lowest BCUT2D eigenvalue weighted by atomic mass is 10.1. The zero-order valence-electron chi connectivity index (χ0n) is 14.9. The fourth-order valence-corrected chi connectivity index (χ4v) is 4.63. The van der Waals surface area contributed by atoms with Crippen LogP contribution >= 0.6 is 0 Å². The molecule has 0 saturated heterocycles. The third kappa shape index (κ3) is 4.17. The van der Waals surface area contributed by atoms with Crippen LogP contribution in [0.1, 0.15) is 44.9 Å². The first-order valence-corrected chi connectivity index (χ1v) is 10.6. The van der Waals surface area contributed by atoms with Gasteiger partial charge in [-0.1, -0.05) is 25.7 Å². The number of hydrogen-bond donors (Lipinski definition) is 1. The van der Waals surface area contributed by atoms with Crippen molar-refractivity contribution in [2.45, 2.75) is 55.9 Å². The highest BCUT2D eigenvalue weighted by Crippen LogP contribution is 2.20. The van der Waals surface area contributed by atoms with E-state index in [1.165, 1.54) is 29.5 Å². The van der Waals surface area contributed by atoms with Gasteiger partial charge >= 0.3 is 5.76 Å². The molecular formula is C18H24N2O5S. The Balaban J connectivity index is 1.64. The maximum Gasteiger partial charge on any atom is 0.419 e. The van der Waals surface area contributed by atoms with Crippen LogP contribution in [0.2, 0.25) is 0 Å². The molecule has 0 aliphatic heterocycles. The van der Waals surface area contributed by atoms with Crippen molar-refractivity contribution in [1.29, 1.82) is 0 Å². The van der Waals surface area contributed by atoms with Crippen molar-refractivity contribution in [1.82, 2.24) is 9.88 Å². The predicted molar refractivity (Wildman–Crippen MR) is 97.8 cm³/mol. The second-order valence-electron chi connectivity index (χ2n) is 6.88. The van der Waals surface area contributed by atoms with Crippen LogP contribution in [-0.2, 0) is 21.7 Å². The van der Waals surface area contributed by atoms with E-state index in [0.29, 0.717) is 5.52 Å². The van der Waals surface area contributed by atoms with Gasteiger partial charge in [-0.05, 0) is 25.0 Å². The van der Waals surface area contributed by atoms with Crippen LogP contribution in [0.5, 0.6) is 0 Å². The van der Waals surface area contributed by atoms with Crippen LogP contribution in [0.4, 0.5) is 0 Å². The lowest BCUT2D eigenvalue weighted by Crippen LogP contribution is -2.35. The summed E-state index contributed by atoms with van der Waals surface area (Å²) in [4.78, 5) is 23.7. The lowest BCUT2D eigenvalue weighted by molar-refractivity contribution is -0.121. The minimum Gasteiger partial charge on any atom is -0.408 e. The van der Waals surface area contributed by atoms with Crippen LogP contribution in [0, 0.1) is 0 Å². The number of rotatable bonds is 5. The van der Waals surface area contributed by atoms with Crippen molar-refractivity contribution in [3.8, 4) is 0 Å². The second kappa shape index (κ2) is 7.65. The Morgan fingerprint density at radius 3 is 2.62 bits per heavy atom. The number of sulfone groups is 1. The molecule has 3 rings (SSSR count). The minimum atomic E-state index is -3.63. The zero-order chi connectivity index (χ0) is 18.7. The van der Waals surface area contributed by atoms with E-state index in [1.807, 2.05) is 0 Å². The molecule has 0 unspecified atom stereocenters. The van der Waals surface area contributed by atoms with Gasteiger partial charge in [0.2, 0.25) is 5.91 Å². The van der Waals surface area contributed by atoms with Crippen molar-refractivity contribution < 1.29 is 17.6 Å². The first-order valence-electron chi connectivity index (χ1n) is 8.98. The van der Waals surface area contributed by atoms with E-state index >= 15 is 0 Å². The number of oxazole rings is 1. The van der Waals surface area contributed by atoms with E-state index in [1.54, 1.807) is 13.1 Å². The van der Waals surface area contributed by atoms with Crippen molar-refractivity contribution in [3.63, 3.8) is 0 Å². The molecule has 2 aromatic rings. The SMILES string of the molecule is Cn1c(=O)oc2cc(S(=O)(=O)CCC(=O)NC3CCCCCC3)ccc21. The smallest absolute Gasteiger partial charge is 0.408 e. The molecule has 1 aromatic heterocycles. The molecule has 26 heavy (non-hydrogen) atoms. The maximum absolute atomic E-state index is 12.5. The fraction of sp³-hybridized carbons (Fsp3) is 0.556. The van der Waals surface area contributed by atoms with Crippen LogP contribution in [0.25, 0.3) is 11.1 Å². The van der Waals surface area contributed by atoms with Gasteiger partial charge < -0.3 is 9.73 Å². The van der Waals surface area contributed by atoms with E-state index in [9.17, 15) is 18.0 Å². The molecule has 142 valence electrons. The van der Waals surface area contributed by atoms with E-state index < -0.39 is 15.6 Å². The quantitative estimate of drug-likeness (QED) is 0.801. The zero-order valence-corrected chi connectivity index (χ0v) is 15.7. The van der Waals surface area contributed by atoms with Gasteiger partial charge in [-0.25, -0.2) is 13.2 Å². The topological polar surface area (TPSA) is 98.4 Å². The number of carbonyl (C=O) groups excluding carboxylic acids is 1. The molecule has 1 fully saturated rings. The van der Waals surface area contributed by atoms with E-state index in [2.05, 4.69) is 5.32 Å². The third-order valence-corrected chi connectivity index (χ3v) is 6.65. The molecule has 0 bridgehead atoms. The molecule has 1 heterocycles. The Kier molecular flexibility index (Phi) is 5.50. The average Bonchev–Trinajstić information content (AvgIpc) is 2.78. The van der Waals surface area contributed by atoms with Crippen molar-refractivity contribution >= 4 is 26.8 Å². The minimum absolute atomic E-state index is 0.0571. The molecule has 0 spiro atoms. The number of hydrogen-bond acceptors (Lipinski definition) is 5. The van der Waals surface area contributed by atoms with Gasteiger partial charge in [-0.3, -0.25) is 9.36 Å². The van der Waals surface area contributed by atoms with Crippen molar-refractivity contribution in [3.05, 3.63) is 28.7 Å². The van der Waals surface area contributed by atoms with E-state index in [4.69, 9.17) is 4.42 Å². The summed E-state index contributed by atoms with van der Waals surface area (Å²) < 4.78 is 31.4. The van der Waals surface area contributed by atoms with Gasteiger partial charge in [0.15, 0.2) is 15.4 Å². The van der Waals surface area contributed by atoms with Gasteiger partial charge in [0.25, 0.3) is 0 Å². The Labute approximate surface area is 152 Å². The molecule has 1 amide bonds. The summed E-state index contributed by atoms with van der Waals surface area (Å²) in [6.45, 7) is 0. The summed E-state index contributed by atoms with van der Waals surface area (Å²) in [5.74, 6) is -1.04. The molecule has 7 nitrogen and oxygen atoms in total. The highest BCUT2D eigenvalue weighted by molar-refractivity contribution is 7.91. The molecular weight excluding hydrogens is 356 g/mol.